The Bertz CT molecular complexity index is 707. The van der Waals surface area contributed by atoms with E-state index < -0.39 is 10.0 Å². The minimum atomic E-state index is -3.48. The quantitative estimate of drug-likeness (QED) is 0.832. The van der Waals surface area contributed by atoms with Crippen molar-refractivity contribution in [1.29, 1.82) is 0 Å². The summed E-state index contributed by atoms with van der Waals surface area (Å²) in [5.74, 6) is 0.428. The molecule has 3 rings (SSSR count). The number of nitrogens with zero attached hydrogens (tertiary/aromatic N) is 4. The predicted octanol–water partition coefficient (Wildman–Crippen LogP) is 0.824. The second-order valence-corrected chi connectivity index (χ2v) is 9.54. The molecule has 8 heteroatoms. The van der Waals surface area contributed by atoms with E-state index in [-0.39, 0.29) is 0 Å². The van der Waals surface area contributed by atoms with Crippen molar-refractivity contribution < 1.29 is 8.42 Å². The SMILES string of the molecule is Cc1nn(CC(C)C)c(C)c1S(=O)(=O)N1CCC(N2CCNCC2)C1. The molecule has 2 aliphatic heterocycles. The molecule has 2 fully saturated rings. The van der Waals surface area contributed by atoms with Crippen LogP contribution in [0.15, 0.2) is 4.90 Å². The molecular weight excluding hydrogens is 338 g/mol. The maximum atomic E-state index is 13.2. The van der Waals surface area contributed by atoms with Gasteiger partial charge < -0.3 is 5.32 Å². The second-order valence-electron chi connectivity index (χ2n) is 7.67. The van der Waals surface area contributed by atoms with Crippen LogP contribution in [0.1, 0.15) is 31.7 Å². The lowest BCUT2D eigenvalue weighted by Gasteiger charge is -2.32. The highest BCUT2D eigenvalue weighted by molar-refractivity contribution is 7.89. The Morgan fingerprint density at radius 1 is 1.20 bits per heavy atom. The van der Waals surface area contributed by atoms with Crippen molar-refractivity contribution in [3.8, 4) is 0 Å². The standard InChI is InChI=1S/C17H31N5O2S/c1-13(2)11-22-15(4)17(14(3)19-22)25(23,24)21-8-5-16(12-21)20-9-6-18-7-10-20/h13,16,18H,5-12H2,1-4H3. The van der Waals surface area contributed by atoms with Gasteiger partial charge in [0.1, 0.15) is 4.90 Å². The van der Waals surface area contributed by atoms with Crippen molar-refractivity contribution >= 4 is 10.0 Å². The zero-order valence-corrected chi connectivity index (χ0v) is 16.6. The van der Waals surface area contributed by atoms with Gasteiger partial charge in [-0.3, -0.25) is 9.58 Å². The Morgan fingerprint density at radius 3 is 2.52 bits per heavy atom. The van der Waals surface area contributed by atoms with Gasteiger partial charge in [0.2, 0.25) is 10.0 Å². The molecule has 1 aromatic rings. The molecule has 0 amide bonds. The minimum Gasteiger partial charge on any atom is -0.314 e. The summed E-state index contributed by atoms with van der Waals surface area (Å²) in [7, 11) is -3.48. The minimum absolute atomic E-state index is 0.336. The van der Waals surface area contributed by atoms with Crippen LogP contribution in [0.2, 0.25) is 0 Å². The lowest BCUT2D eigenvalue weighted by Crippen LogP contribution is -2.49. The fourth-order valence-corrected chi connectivity index (χ4v) is 5.85. The Labute approximate surface area is 151 Å². The van der Waals surface area contributed by atoms with Crippen LogP contribution in [0.3, 0.4) is 0 Å². The first kappa shape index (κ1) is 18.8. The van der Waals surface area contributed by atoms with Gasteiger partial charge in [-0.25, -0.2) is 8.42 Å². The molecule has 3 heterocycles. The molecule has 0 bridgehead atoms. The first-order valence-electron chi connectivity index (χ1n) is 9.29. The van der Waals surface area contributed by atoms with Gasteiger partial charge >= 0.3 is 0 Å². The summed E-state index contributed by atoms with van der Waals surface area (Å²) in [5, 5.41) is 7.84. The molecule has 25 heavy (non-hydrogen) atoms. The molecule has 2 aliphatic rings. The number of piperazine rings is 1. The van der Waals surface area contributed by atoms with Gasteiger partial charge in [0, 0.05) is 51.9 Å². The van der Waals surface area contributed by atoms with E-state index in [4.69, 9.17) is 0 Å². The highest BCUT2D eigenvalue weighted by atomic mass is 32.2. The monoisotopic (exact) mass is 369 g/mol. The zero-order valence-electron chi connectivity index (χ0n) is 15.8. The normalized spacial score (nSPS) is 23.6. The highest BCUT2D eigenvalue weighted by Crippen LogP contribution is 2.28. The average molecular weight is 370 g/mol. The fraction of sp³-hybridized carbons (Fsp3) is 0.824. The van der Waals surface area contributed by atoms with Gasteiger partial charge in [0.15, 0.2) is 0 Å². The molecule has 0 aliphatic carbocycles. The predicted molar refractivity (Wildman–Crippen MR) is 98.1 cm³/mol. The van der Waals surface area contributed by atoms with Crippen LogP contribution in [0.4, 0.5) is 0 Å². The van der Waals surface area contributed by atoms with Gasteiger partial charge in [-0.1, -0.05) is 13.8 Å². The molecule has 1 atom stereocenters. The summed E-state index contributed by atoms with van der Waals surface area (Å²) >= 11 is 0. The molecule has 0 spiro atoms. The Kier molecular flexibility index (Phi) is 5.53. The summed E-state index contributed by atoms with van der Waals surface area (Å²) in [5.41, 5.74) is 1.38. The van der Waals surface area contributed by atoms with E-state index >= 15 is 0 Å². The van der Waals surface area contributed by atoms with Crippen molar-refractivity contribution in [1.82, 2.24) is 24.3 Å². The van der Waals surface area contributed by atoms with E-state index in [1.807, 2.05) is 11.6 Å². The van der Waals surface area contributed by atoms with Crippen LogP contribution in [0, 0.1) is 19.8 Å². The maximum absolute atomic E-state index is 13.2. The van der Waals surface area contributed by atoms with Crippen molar-refractivity contribution in [3.63, 3.8) is 0 Å². The van der Waals surface area contributed by atoms with Crippen molar-refractivity contribution in [2.45, 2.75) is 51.6 Å². The third-order valence-electron chi connectivity index (χ3n) is 5.25. The van der Waals surface area contributed by atoms with Crippen molar-refractivity contribution in [3.05, 3.63) is 11.4 Å². The van der Waals surface area contributed by atoms with Gasteiger partial charge in [0.05, 0.1) is 11.4 Å². The van der Waals surface area contributed by atoms with Gasteiger partial charge in [-0.2, -0.15) is 9.40 Å². The molecule has 2 saturated heterocycles. The lowest BCUT2D eigenvalue weighted by molar-refractivity contribution is 0.179. The molecule has 1 aromatic heterocycles. The zero-order chi connectivity index (χ0) is 18.2. The fourth-order valence-electron chi connectivity index (χ4n) is 3.98. The van der Waals surface area contributed by atoms with Gasteiger partial charge in [-0.15, -0.1) is 0 Å². The molecule has 0 saturated carbocycles. The number of aryl methyl sites for hydroxylation is 1. The molecule has 1 unspecified atom stereocenters. The molecule has 142 valence electrons. The summed E-state index contributed by atoms with van der Waals surface area (Å²) in [6.45, 7) is 13.8. The summed E-state index contributed by atoms with van der Waals surface area (Å²) in [6.07, 6.45) is 0.914. The van der Waals surface area contributed by atoms with Crippen LogP contribution in [-0.4, -0.2) is 72.7 Å². The van der Waals surface area contributed by atoms with Crippen LogP contribution in [-0.2, 0) is 16.6 Å². The van der Waals surface area contributed by atoms with Gasteiger partial charge in [-0.05, 0) is 26.2 Å². The Morgan fingerprint density at radius 2 is 1.88 bits per heavy atom. The number of sulfonamides is 1. The van der Waals surface area contributed by atoms with Crippen LogP contribution < -0.4 is 5.32 Å². The molecule has 7 nitrogen and oxygen atoms in total. The van der Waals surface area contributed by atoms with E-state index in [1.165, 1.54) is 0 Å². The number of nitrogens with one attached hydrogen (secondary N) is 1. The second kappa shape index (κ2) is 7.34. The molecule has 0 aromatic carbocycles. The number of hydrogen-bond donors (Lipinski definition) is 1. The van der Waals surface area contributed by atoms with E-state index in [0.29, 0.717) is 35.6 Å². The van der Waals surface area contributed by atoms with Gasteiger partial charge in [0.25, 0.3) is 0 Å². The van der Waals surface area contributed by atoms with E-state index in [0.717, 1.165) is 44.8 Å². The Balaban J connectivity index is 1.79. The first-order chi connectivity index (χ1) is 11.8. The van der Waals surface area contributed by atoms with Crippen molar-refractivity contribution in [2.75, 3.05) is 39.3 Å². The van der Waals surface area contributed by atoms with Crippen LogP contribution >= 0.6 is 0 Å². The van der Waals surface area contributed by atoms with E-state index in [2.05, 4.69) is 29.2 Å². The number of rotatable bonds is 5. The highest BCUT2D eigenvalue weighted by Gasteiger charge is 2.38. The smallest absolute Gasteiger partial charge is 0.246 e. The van der Waals surface area contributed by atoms with Crippen molar-refractivity contribution in [2.24, 2.45) is 5.92 Å². The Hall–Kier alpha value is -0.960. The average Bonchev–Trinajstić information content (AvgIpc) is 3.14. The third-order valence-corrected chi connectivity index (χ3v) is 7.36. The topological polar surface area (TPSA) is 70.5 Å². The summed E-state index contributed by atoms with van der Waals surface area (Å²) in [4.78, 5) is 2.84. The van der Waals surface area contributed by atoms with Crippen LogP contribution in [0.5, 0.6) is 0 Å². The van der Waals surface area contributed by atoms with Crippen LogP contribution in [0.25, 0.3) is 0 Å². The summed E-state index contributed by atoms with van der Waals surface area (Å²) in [6, 6.07) is 0.336. The number of hydrogen-bond acceptors (Lipinski definition) is 5. The largest absolute Gasteiger partial charge is 0.314 e. The number of aromatic nitrogens is 2. The lowest BCUT2D eigenvalue weighted by atomic mass is 10.2. The van der Waals surface area contributed by atoms with E-state index in [9.17, 15) is 8.42 Å². The molecule has 1 N–H and O–H groups in total. The molecular formula is C17H31N5O2S. The first-order valence-corrected chi connectivity index (χ1v) is 10.7. The summed E-state index contributed by atoms with van der Waals surface area (Å²) < 4.78 is 30.0. The molecule has 0 radical (unpaired) electrons. The van der Waals surface area contributed by atoms with E-state index in [1.54, 1.807) is 11.2 Å². The maximum Gasteiger partial charge on any atom is 0.246 e. The third kappa shape index (κ3) is 3.77.